The summed E-state index contributed by atoms with van der Waals surface area (Å²) in [6, 6.07) is 15.0. The number of thioether (sulfide) groups is 1. The summed E-state index contributed by atoms with van der Waals surface area (Å²) in [6.07, 6.45) is 0. The van der Waals surface area contributed by atoms with Gasteiger partial charge in [0, 0.05) is 17.5 Å². The SMILES string of the molecule is CC(=O)Nc1ccc(SC(C)C(=O)NC(C)c2nc3ccccc3[nH]2)cc1. The van der Waals surface area contributed by atoms with Gasteiger partial charge in [-0.2, -0.15) is 0 Å². The molecule has 2 unspecified atom stereocenters. The molecule has 2 atom stereocenters. The third kappa shape index (κ3) is 4.89. The molecular formula is C20H22N4O2S. The van der Waals surface area contributed by atoms with Crippen LogP contribution >= 0.6 is 11.8 Å². The second-order valence-electron chi connectivity index (χ2n) is 6.34. The number of imidazole rings is 1. The lowest BCUT2D eigenvalue weighted by Gasteiger charge is -2.16. The van der Waals surface area contributed by atoms with Crippen molar-refractivity contribution in [2.75, 3.05) is 5.32 Å². The molecule has 2 amide bonds. The van der Waals surface area contributed by atoms with Crippen molar-refractivity contribution >= 4 is 40.3 Å². The molecule has 3 aromatic rings. The summed E-state index contributed by atoms with van der Waals surface area (Å²) in [5.74, 6) is 0.572. The molecule has 0 spiro atoms. The zero-order valence-corrected chi connectivity index (χ0v) is 16.3. The third-order valence-corrected chi connectivity index (χ3v) is 5.15. The third-order valence-electron chi connectivity index (χ3n) is 4.03. The number of hydrogen-bond donors (Lipinski definition) is 3. The van der Waals surface area contributed by atoms with Crippen molar-refractivity contribution in [2.24, 2.45) is 0 Å². The van der Waals surface area contributed by atoms with Gasteiger partial charge in [-0.3, -0.25) is 9.59 Å². The number of carbonyl (C=O) groups is 2. The molecule has 2 aromatic carbocycles. The van der Waals surface area contributed by atoms with Crippen LogP contribution in [0.1, 0.15) is 32.6 Å². The van der Waals surface area contributed by atoms with E-state index in [9.17, 15) is 9.59 Å². The van der Waals surface area contributed by atoms with Crippen LogP contribution in [0.2, 0.25) is 0 Å². The number of H-pyrrole nitrogens is 1. The van der Waals surface area contributed by atoms with Gasteiger partial charge >= 0.3 is 0 Å². The number of nitrogens with zero attached hydrogens (tertiary/aromatic N) is 1. The fraction of sp³-hybridized carbons (Fsp3) is 0.250. The summed E-state index contributed by atoms with van der Waals surface area (Å²) in [5, 5.41) is 5.47. The average Bonchev–Trinajstić information content (AvgIpc) is 3.07. The van der Waals surface area contributed by atoms with E-state index in [2.05, 4.69) is 20.6 Å². The maximum atomic E-state index is 12.5. The average molecular weight is 382 g/mol. The summed E-state index contributed by atoms with van der Waals surface area (Å²) in [6.45, 7) is 5.25. The highest BCUT2D eigenvalue weighted by Gasteiger charge is 2.19. The van der Waals surface area contributed by atoms with Crippen LogP contribution in [0.4, 0.5) is 5.69 Å². The lowest BCUT2D eigenvalue weighted by Crippen LogP contribution is -2.33. The first kappa shape index (κ1) is 19.0. The van der Waals surface area contributed by atoms with E-state index in [1.807, 2.05) is 62.4 Å². The van der Waals surface area contributed by atoms with Gasteiger partial charge in [-0.15, -0.1) is 11.8 Å². The standard InChI is InChI=1S/C20H22N4O2S/c1-12(19-23-17-6-4-5-7-18(17)24-19)21-20(26)13(2)27-16-10-8-15(9-11-16)22-14(3)25/h4-13H,1-3H3,(H,21,26)(H,22,25)(H,23,24). The summed E-state index contributed by atoms with van der Waals surface area (Å²) in [5.41, 5.74) is 2.58. The molecule has 140 valence electrons. The summed E-state index contributed by atoms with van der Waals surface area (Å²) in [4.78, 5) is 32.3. The number of fused-ring (bicyclic) bond motifs is 1. The highest BCUT2D eigenvalue weighted by Crippen LogP contribution is 2.25. The summed E-state index contributed by atoms with van der Waals surface area (Å²) < 4.78 is 0. The molecule has 0 bridgehead atoms. The fourth-order valence-electron chi connectivity index (χ4n) is 2.65. The van der Waals surface area contributed by atoms with Gasteiger partial charge in [0.25, 0.3) is 0 Å². The minimum atomic E-state index is -0.261. The largest absolute Gasteiger partial charge is 0.345 e. The van der Waals surface area contributed by atoms with Gasteiger partial charge in [-0.1, -0.05) is 12.1 Å². The molecule has 0 fully saturated rings. The number of carbonyl (C=O) groups excluding carboxylic acids is 2. The second-order valence-corrected chi connectivity index (χ2v) is 7.75. The van der Waals surface area contributed by atoms with Crippen LogP contribution in [0.25, 0.3) is 11.0 Å². The number of hydrogen-bond acceptors (Lipinski definition) is 4. The number of nitrogens with one attached hydrogen (secondary N) is 3. The van der Waals surface area contributed by atoms with E-state index < -0.39 is 0 Å². The fourth-order valence-corrected chi connectivity index (χ4v) is 3.53. The van der Waals surface area contributed by atoms with Crippen LogP contribution in [0.5, 0.6) is 0 Å². The minimum Gasteiger partial charge on any atom is -0.345 e. The Bertz CT molecular complexity index is 919. The van der Waals surface area contributed by atoms with Gasteiger partial charge in [0.2, 0.25) is 11.8 Å². The Morgan fingerprint density at radius 1 is 1.07 bits per heavy atom. The first-order valence-corrected chi connectivity index (χ1v) is 9.59. The van der Waals surface area contributed by atoms with Crippen LogP contribution in [-0.4, -0.2) is 27.0 Å². The van der Waals surface area contributed by atoms with E-state index in [1.165, 1.54) is 18.7 Å². The Hall–Kier alpha value is -2.80. The second kappa shape index (κ2) is 8.26. The van der Waals surface area contributed by atoms with Crippen molar-refractivity contribution in [3.05, 3.63) is 54.4 Å². The van der Waals surface area contributed by atoms with Crippen molar-refractivity contribution in [3.63, 3.8) is 0 Å². The molecule has 1 aromatic heterocycles. The van der Waals surface area contributed by atoms with Crippen LogP contribution in [-0.2, 0) is 9.59 Å². The normalized spacial score (nSPS) is 13.1. The van der Waals surface area contributed by atoms with Gasteiger partial charge < -0.3 is 15.6 Å². The van der Waals surface area contributed by atoms with Crippen molar-refractivity contribution in [1.82, 2.24) is 15.3 Å². The molecular weight excluding hydrogens is 360 g/mol. The molecule has 7 heteroatoms. The quantitative estimate of drug-likeness (QED) is 0.565. The number of aromatic amines is 1. The van der Waals surface area contributed by atoms with Gasteiger partial charge in [-0.05, 0) is 50.2 Å². The first-order valence-electron chi connectivity index (χ1n) is 8.71. The first-order chi connectivity index (χ1) is 12.9. The predicted octanol–water partition coefficient (Wildman–Crippen LogP) is 3.88. The molecule has 6 nitrogen and oxygen atoms in total. The number of rotatable bonds is 6. The van der Waals surface area contributed by atoms with Crippen LogP contribution in [0.15, 0.2) is 53.4 Å². The van der Waals surface area contributed by atoms with E-state index in [0.29, 0.717) is 0 Å². The van der Waals surface area contributed by atoms with Gasteiger partial charge in [0.05, 0.1) is 22.3 Å². The van der Waals surface area contributed by atoms with Crippen LogP contribution < -0.4 is 10.6 Å². The molecule has 3 rings (SSSR count). The minimum absolute atomic E-state index is 0.0566. The van der Waals surface area contributed by atoms with Gasteiger partial charge in [0.15, 0.2) is 0 Å². The lowest BCUT2D eigenvalue weighted by atomic mass is 10.3. The molecule has 0 saturated heterocycles. The van der Waals surface area contributed by atoms with E-state index in [4.69, 9.17) is 0 Å². The number of benzene rings is 2. The summed E-state index contributed by atoms with van der Waals surface area (Å²) in [7, 11) is 0. The van der Waals surface area contributed by atoms with E-state index in [0.717, 1.165) is 27.4 Å². The van der Waals surface area contributed by atoms with Crippen LogP contribution in [0.3, 0.4) is 0 Å². The zero-order valence-electron chi connectivity index (χ0n) is 15.4. The van der Waals surface area contributed by atoms with E-state index in [-0.39, 0.29) is 23.1 Å². The summed E-state index contributed by atoms with van der Waals surface area (Å²) >= 11 is 1.47. The van der Waals surface area contributed by atoms with Gasteiger partial charge in [0.1, 0.15) is 5.82 Å². The Labute approximate surface area is 162 Å². The number of para-hydroxylation sites is 2. The Morgan fingerprint density at radius 3 is 2.44 bits per heavy atom. The molecule has 1 heterocycles. The predicted molar refractivity (Wildman–Crippen MR) is 109 cm³/mol. The maximum absolute atomic E-state index is 12.5. The van der Waals surface area contributed by atoms with Crippen molar-refractivity contribution in [2.45, 2.75) is 37.0 Å². The zero-order chi connectivity index (χ0) is 19.4. The Kier molecular flexibility index (Phi) is 5.81. The molecule has 3 N–H and O–H groups in total. The number of anilines is 1. The van der Waals surface area contributed by atoms with Crippen molar-refractivity contribution in [3.8, 4) is 0 Å². The smallest absolute Gasteiger partial charge is 0.233 e. The van der Waals surface area contributed by atoms with Crippen molar-refractivity contribution in [1.29, 1.82) is 0 Å². The molecule has 0 radical (unpaired) electrons. The Morgan fingerprint density at radius 2 is 1.78 bits per heavy atom. The van der Waals surface area contributed by atoms with Crippen LogP contribution in [0, 0.1) is 0 Å². The van der Waals surface area contributed by atoms with E-state index in [1.54, 1.807) is 0 Å². The topological polar surface area (TPSA) is 86.9 Å². The van der Waals surface area contributed by atoms with E-state index >= 15 is 0 Å². The lowest BCUT2D eigenvalue weighted by molar-refractivity contribution is -0.121. The monoisotopic (exact) mass is 382 g/mol. The van der Waals surface area contributed by atoms with Crippen molar-refractivity contribution < 1.29 is 9.59 Å². The maximum Gasteiger partial charge on any atom is 0.233 e. The highest BCUT2D eigenvalue weighted by atomic mass is 32.2. The molecule has 0 saturated carbocycles. The van der Waals surface area contributed by atoms with Gasteiger partial charge in [-0.25, -0.2) is 4.98 Å². The highest BCUT2D eigenvalue weighted by molar-refractivity contribution is 8.00. The molecule has 0 aliphatic rings. The molecule has 27 heavy (non-hydrogen) atoms. The molecule has 0 aliphatic carbocycles. The number of aromatic nitrogens is 2. The Balaban J connectivity index is 1.58. The number of amides is 2. The molecule has 0 aliphatic heterocycles.